The van der Waals surface area contributed by atoms with Crippen molar-refractivity contribution < 1.29 is 26.7 Å². The summed E-state index contributed by atoms with van der Waals surface area (Å²) in [5.41, 5.74) is -1.13. The highest BCUT2D eigenvalue weighted by Gasteiger charge is 2.30. The summed E-state index contributed by atoms with van der Waals surface area (Å²) in [5, 5.41) is 2.36. The molecule has 0 aliphatic carbocycles. The number of carbonyl (C=O) groups is 1. The van der Waals surface area contributed by atoms with Crippen LogP contribution in [-0.2, 0) is 12.7 Å². The average Bonchev–Trinajstić information content (AvgIpc) is 2.66. The van der Waals surface area contributed by atoms with Crippen molar-refractivity contribution in [3.8, 4) is 0 Å². The van der Waals surface area contributed by atoms with Crippen LogP contribution in [0.3, 0.4) is 0 Å². The van der Waals surface area contributed by atoms with E-state index >= 15 is 0 Å². The SMILES string of the molecule is O=C(Nc1ccc(F)c(F)c1)c1ccc(=O)n(Cc2cccc(C(F)(F)F)c2)c1. The first-order valence-corrected chi connectivity index (χ1v) is 8.26. The number of nitrogens with zero attached hydrogens (tertiary/aromatic N) is 1. The number of aromatic nitrogens is 1. The summed E-state index contributed by atoms with van der Waals surface area (Å²) >= 11 is 0. The Morgan fingerprint density at radius 2 is 1.72 bits per heavy atom. The molecule has 3 aromatic rings. The maximum absolute atomic E-state index is 13.3. The van der Waals surface area contributed by atoms with Gasteiger partial charge in [0.25, 0.3) is 11.5 Å². The Balaban J connectivity index is 1.83. The second kappa shape index (κ2) is 7.86. The van der Waals surface area contributed by atoms with Gasteiger partial charge in [0.15, 0.2) is 11.6 Å². The van der Waals surface area contributed by atoms with E-state index in [2.05, 4.69) is 5.32 Å². The number of alkyl halides is 3. The number of nitrogens with one attached hydrogen (secondary N) is 1. The molecule has 0 saturated carbocycles. The molecule has 0 aliphatic heterocycles. The predicted molar refractivity (Wildman–Crippen MR) is 95.6 cm³/mol. The summed E-state index contributed by atoms with van der Waals surface area (Å²) in [6, 6.07) is 9.60. The number of benzene rings is 2. The Labute approximate surface area is 161 Å². The molecule has 1 amide bonds. The fourth-order valence-corrected chi connectivity index (χ4v) is 2.61. The van der Waals surface area contributed by atoms with Crippen molar-refractivity contribution in [2.45, 2.75) is 12.7 Å². The zero-order valence-corrected chi connectivity index (χ0v) is 14.6. The molecule has 0 spiro atoms. The number of rotatable bonds is 4. The number of halogens is 5. The molecule has 3 rings (SSSR count). The second-order valence-corrected chi connectivity index (χ2v) is 6.17. The summed E-state index contributed by atoms with van der Waals surface area (Å²) in [5.74, 6) is -2.91. The largest absolute Gasteiger partial charge is 0.416 e. The predicted octanol–water partition coefficient (Wildman–Crippen LogP) is 4.45. The van der Waals surface area contributed by atoms with Crippen LogP contribution in [-0.4, -0.2) is 10.5 Å². The van der Waals surface area contributed by atoms with Crippen LogP contribution in [0.15, 0.2) is 65.6 Å². The van der Waals surface area contributed by atoms with Gasteiger partial charge in [-0.05, 0) is 35.9 Å². The minimum atomic E-state index is -4.52. The molecule has 0 bridgehead atoms. The molecule has 0 aliphatic rings. The quantitative estimate of drug-likeness (QED) is 0.649. The summed E-state index contributed by atoms with van der Waals surface area (Å²) < 4.78 is 65.8. The molecule has 0 fully saturated rings. The van der Waals surface area contributed by atoms with E-state index in [-0.39, 0.29) is 23.4 Å². The fraction of sp³-hybridized carbons (Fsp3) is 0.100. The van der Waals surface area contributed by atoms with Gasteiger partial charge in [-0.1, -0.05) is 12.1 Å². The minimum Gasteiger partial charge on any atom is -0.322 e. The lowest BCUT2D eigenvalue weighted by Gasteiger charge is -2.11. The van der Waals surface area contributed by atoms with Crippen molar-refractivity contribution in [3.63, 3.8) is 0 Å². The van der Waals surface area contributed by atoms with Crippen LogP contribution in [0, 0.1) is 11.6 Å². The van der Waals surface area contributed by atoms with Gasteiger partial charge in [0.1, 0.15) is 0 Å². The van der Waals surface area contributed by atoms with Gasteiger partial charge >= 0.3 is 6.18 Å². The lowest BCUT2D eigenvalue weighted by molar-refractivity contribution is -0.137. The number of hydrogen-bond acceptors (Lipinski definition) is 2. The van der Waals surface area contributed by atoms with E-state index < -0.39 is 34.8 Å². The zero-order valence-electron chi connectivity index (χ0n) is 14.6. The van der Waals surface area contributed by atoms with Gasteiger partial charge in [-0.2, -0.15) is 13.2 Å². The lowest BCUT2D eigenvalue weighted by atomic mass is 10.1. The van der Waals surface area contributed by atoms with E-state index in [0.29, 0.717) is 0 Å². The van der Waals surface area contributed by atoms with Crippen molar-refractivity contribution >= 4 is 11.6 Å². The van der Waals surface area contributed by atoms with Crippen molar-refractivity contribution in [1.29, 1.82) is 0 Å². The lowest BCUT2D eigenvalue weighted by Crippen LogP contribution is -2.22. The van der Waals surface area contributed by atoms with Crippen molar-refractivity contribution in [1.82, 2.24) is 4.57 Å². The topological polar surface area (TPSA) is 51.1 Å². The van der Waals surface area contributed by atoms with Crippen molar-refractivity contribution in [2.24, 2.45) is 0 Å². The molecule has 9 heteroatoms. The maximum Gasteiger partial charge on any atom is 0.416 e. The molecule has 0 atom stereocenters. The van der Waals surface area contributed by atoms with Gasteiger partial charge in [-0.15, -0.1) is 0 Å². The van der Waals surface area contributed by atoms with Gasteiger partial charge in [0, 0.05) is 24.0 Å². The van der Waals surface area contributed by atoms with Gasteiger partial charge < -0.3 is 9.88 Å². The fourth-order valence-electron chi connectivity index (χ4n) is 2.61. The Kier molecular flexibility index (Phi) is 5.49. The van der Waals surface area contributed by atoms with Crippen molar-refractivity contribution in [3.05, 3.63) is 99.5 Å². The van der Waals surface area contributed by atoms with Gasteiger partial charge in [0.05, 0.1) is 17.7 Å². The van der Waals surface area contributed by atoms with Crippen LogP contribution >= 0.6 is 0 Å². The molecule has 0 radical (unpaired) electrons. The van der Waals surface area contributed by atoms with E-state index in [0.717, 1.165) is 41.0 Å². The Morgan fingerprint density at radius 3 is 2.41 bits per heavy atom. The Morgan fingerprint density at radius 1 is 0.966 bits per heavy atom. The third-order valence-corrected chi connectivity index (χ3v) is 4.03. The van der Waals surface area contributed by atoms with Crippen LogP contribution in [0.25, 0.3) is 0 Å². The number of hydrogen-bond donors (Lipinski definition) is 1. The van der Waals surface area contributed by atoms with Crippen LogP contribution in [0.5, 0.6) is 0 Å². The maximum atomic E-state index is 13.3. The minimum absolute atomic E-state index is 0.00419. The molecular formula is C20H13F5N2O2. The molecule has 150 valence electrons. The van der Waals surface area contributed by atoms with E-state index in [4.69, 9.17) is 0 Å². The van der Waals surface area contributed by atoms with E-state index in [1.54, 1.807) is 0 Å². The highest BCUT2D eigenvalue weighted by Crippen LogP contribution is 2.29. The average molecular weight is 408 g/mol. The van der Waals surface area contributed by atoms with Gasteiger partial charge in [-0.3, -0.25) is 9.59 Å². The molecule has 1 aromatic heterocycles. The van der Waals surface area contributed by atoms with Crippen molar-refractivity contribution in [2.75, 3.05) is 5.32 Å². The Hall–Kier alpha value is -3.49. The van der Waals surface area contributed by atoms with E-state index in [9.17, 15) is 31.5 Å². The first-order valence-electron chi connectivity index (χ1n) is 8.26. The summed E-state index contributed by atoms with van der Waals surface area (Å²) in [7, 11) is 0. The highest BCUT2D eigenvalue weighted by molar-refractivity contribution is 6.04. The normalized spacial score (nSPS) is 11.3. The second-order valence-electron chi connectivity index (χ2n) is 6.17. The molecule has 29 heavy (non-hydrogen) atoms. The van der Waals surface area contributed by atoms with E-state index in [1.165, 1.54) is 24.4 Å². The van der Waals surface area contributed by atoms with E-state index in [1.807, 2.05) is 0 Å². The van der Waals surface area contributed by atoms with Gasteiger partial charge in [0.2, 0.25) is 0 Å². The molecular weight excluding hydrogens is 395 g/mol. The van der Waals surface area contributed by atoms with Gasteiger partial charge in [-0.25, -0.2) is 8.78 Å². The monoisotopic (exact) mass is 408 g/mol. The van der Waals surface area contributed by atoms with Crippen LogP contribution in [0.2, 0.25) is 0 Å². The standard InChI is InChI=1S/C20H13F5N2O2/c21-16-6-5-15(9-17(16)22)26-19(29)13-4-7-18(28)27(11-13)10-12-2-1-3-14(8-12)20(23,24)25/h1-9,11H,10H2,(H,26,29). The number of carbonyl (C=O) groups excluding carboxylic acids is 1. The third kappa shape index (κ3) is 4.87. The van der Waals surface area contributed by atoms with Crippen LogP contribution in [0.4, 0.5) is 27.6 Å². The van der Waals surface area contributed by atoms with Crippen LogP contribution in [0.1, 0.15) is 21.5 Å². The molecule has 1 N–H and O–H groups in total. The first-order chi connectivity index (χ1) is 13.6. The molecule has 0 saturated heterocycles. The molecule has 1 heterocycles. The smallest absolute Gasteiger partial charge is 0.322 e. The number of pyridine rings is 1. The Bertz CT molecular complexity index is 1120. The summed E-state index contributed by atoms with van der Waals surface area (Å²) in [4.78, 5) is 24.4. The number of amides is 1. The van der Waals surface area contributed by atoms with Crippen LogP contribution < -0.4 is 10.9 Å². The summed E-state index contributed by atoms with van der Waals surface area (Å²) in [6.45, 7) is -0.185. The first kappa shape index (κ1) is 20.2. The third-order valence-electron chi connectivity index (χ3n) is 4.03. The summed E-state index contributed by atoms with van der Waals surface area (Å²) in [6.07, 6.45) is -3.34. The highest BCUT2D eigenvalue weighted by atomic mass is 19.4. The zero-order chi connectivity index (χ0) is 21.2. The molecule has 0 unspecified atom stereocenters. The molecule has 2 aromatic carbocycles. The molecule has 4 nitrogen and oxygen atoms in total. The number of anilines is 1.